The lowest BCUT2D eigenvalue weighted by atomic mass is 10.0. The van der Waals surface area contributed by atoms with E-state index in [-0.39, 0.29) is 6.04 Å². The SMILES string of the molecule is Clc1cccc2c1OCCCC2Nc1ccccn1. The number of benzene rings is 1. The number of pyridine rings is 1. The van der Waals surface area contributed by atoms with Crippen LogP contribution in [0.25, 0.3) is 0 Å². The maximum absolute atomic E-state index is 6.21. The number of para-hydroxylation sites is 1. The molecule has 98 valence electrons. The summed E-state index contributed by atoms with van der Waals surface area (Å²) in [6.45, 7) is 0.705. The third kappa shape index (κ3) is 2.66. The van der Waals surface area contributed by atoms with Gasteiger partial charge in [0, 0.05) is 11.8 Å². The maximum Gasteiger partial charge on any atom is 0.143 e. The molecule has 1 N–H and O–H groups in total. The number of hydrogen-bond donors (Lipinski definition) is 1. The zero-order valence-corrected chi connectivity index (χ0v) is 11.2. The van der Waals surface area contributed by atoms with E-state index in [4.69, 9.17) is 16.3 Å². The van der Waals surface area contributed by atoms with Crippen LogP contribution in [-0.2, 0) is 0 Å². The van der Waals surface area contributed by atoms with Crippen LogP contribution < -0.4 is 10.1 Å². The van der Waals surface area contributed by atoms with E-state index in [1.54, 1.807) is 6.20 Å². The van der Waals surface area contributed by atoms with Gasteiger partial charge in [0.05, 0.1) is 17.7 Å². The van der Waals surface area contributed by atoms with Crippen LogP contribution in [0, 0.1) is 0 Å². The number of fused-ring (bicyclic) bond motifs is 1. The van der Waals surface area contributed by atoms with Crippen molar-refractivity contribution in [2.75, 3.05) is 11.9 Å². The summed E-state index contributed by atoms with van der Waals surface area (Å²) in [4.78, 5) is 4.31. The number of aromatic nitrogens is 1. The lowest BCUT2D eigenvalue weighted by Crippen LogP contribution is -2.11. The van der Waals surface area contributed by atoms with Crippen molar-refractivity contribution in [2.45, 2.75) is 18.9 Å². The van der Waals surface area contributed by atoms with Crippen molar-refractivity contribution in [3.63, 3.8) is 0 Å². The van der Waals surface area contributed by atoms with E-state index in [1.807, 2.05) is 30.3 Å². The minimum atomic E-state index is 0.186. The quantitative estimate of drug-likeness (QED) is 0.897. The number of nitrogens with one attached hydrogen (secondary N) is 1. The van der Waals surface area contributed by atoms with Gasteiger partial charge in [-0.15, -0.1) is 0 Å². The Morgan fingerprint density at radius 1 is 1.21 bits per heavy atom. The fourth-order valence-electron chi connectivity index (χ4n) is 2.35. The average Bonchev–Trinajstić information content (AvgIpc) is 2.64. The second kappa shape index (κ2) is 5.49. The third-order valence-electron chi connectivity index (χ3n) is 3.24. The van der Waals surface area contributed by atoms with E-state index in [2.05, 4.69) is 16.4 Å². The van der Waals surface area contributed by atoms with Crippen molar-refractivity contribution in [1.29, 1.82) is 0 Å². The smallest absolute Gasteiger partial charge is 0.143 e. The molecule has 1 atom stereocenters. The first-order valence-electron chi connectivity index (χ1n) is 6.43. The van der Waals surface area contributed by atoms with Gasteiger partial charge in [0.25, 0.3) is 0 Å². The van der Waals surface area contributed by atoms with Crippen LogP contribution in [0.3, 0.4) is 0 Å². The highest BCUT2D eigenvalue weighted by Gasteiger charge is 2.21. The highest BCUT2D eigenvalue weighted by Crippen LogP contribution is 2.38. The Bertz CT molecular complexity index is 559. The minimum absolute atomic E-state index is 0.186. The van der Waals surface area contributed by atoms with E-state index in [0.717, 1.165) is 30.0 Å². The summed E-state index contributed by atoms with van der Waals surface area (Å²) < 4.78 is 5.75. The summed E-state index contributed by atoms with van der Waals surface area (Å²) in [6, 6.07) is 11.9. The topological polar surface area (TPSA) is 34.1 Å². The molecule has 4 heteroatoms. The summed E-state index contributed by atoms with van der Waals surface area (Å²) in [6.07, 6.45) is 3.79. The molecule has 0 saturated carbocycles. The zero-order valence-electron chi connectivity index (χ0n) is 10.5. The van der Waals surface area contributed by atoms with E-state index < -0.39 is 0 Å². The number of hydrogen-bond acceptors (Lipinski definition) is 3. The molecule has 0 fully saturated rings. The van der Waals surface area contributed by atoms with Gasteiger partial charge >= 0.3 is 0 Å². The fourth-order valence-corrected chi connectivity index (χ4v) is 2.58. The van der Waals surface area contributed by atoms with Crippen LogP contribution in [-0.4, -0.2) is 11.6 Å². The first-order chi connectivity index (χ1) is 9.34. The Morgan fingerprint density at radius 2 is 2.16 bits per heavy atom. The first kappa shape index (κ1) is 12.3. The maximum atomic E-state index is 6.21. The van der Waals surface area contributed by atoms with Gasteiger partial charge in [-0.05, 0) is 31.0 Å². The first-order valence-corrected chi connectivity index (χ1v) is 6.81. The molecule has 0 aliphatic carbocycles. The summed E-state index contributed by atoms with van der Waals surface area (Å²) in [7, 11) is 0. The Morgan fingerprint density at radius 3 is 3.00 bits per heavy atom. The van der Waals surface area contributed by atoms with Crippen molar-refractivity contribution < 1.29 is 4.74 Å². The predicted octanol–water partition coefficient (Wildman–Crippen LogP) is 4.06. The molecule has 3 rings (SSSR count). The highest BCUT2D eigenvalue weighted by molar-refractivity contribution is 6.32. The molecule has 0 saturated heterocycles. The predicted molar refractivity (Wildman–Crippen MR) is 76.8 cm³/mol. The highest BCUT2D eigenvalue weighted by atomic mass is 35.5. The molecule has 2 aromatic rings. The molecule has 3 nitrogen and oxygen atoms in total. The molecule has 1 unspecified atom stereocenters. The van der Waals surface area contributed by atoms with Gasteiger partial charge in [-0.25, -0.2) is 4.98 Å². The van der Waals surface area contributed by atoms with E-state index >= 15 is 0 Å². The number of rotatable bonds is 2. The summed E-state index contributed by atoms with van der Waals surface area (Å²) >= 11 is 6.21. The molecule has 1 aromatic carbocycles. The van der Waals surface area contributed by atoms with Gasteiger partial charge < -0.3 is 10.1 Å². The van der Waals surface area contributed by atoms with Crippen molar-refractivity contribution in [2.24, 2.45) is 0 Å². The van der Waals surface area contributed by atoms with E-state index in [1.165, 1.54) is 0 Å². The molecule has 0 bridgehead atoms. The number of ether oxygens (including phenoxy) is 1. The molecule has 1 aliphatic heterocycles. The molecule has 0 amide bonds. The molecule has 2 heterocycles. The minimum Gasteiger partial charge on any atom is -0.492 e. The largest absolute Gasteiger partial charge is 0.492 e. The Hall–Kier alpha value is -1.74. The number of anilines is 1. The normalized spacial score (nSPS) is 18.1. The molecular weight excluding hydrogens is 260 g/mol. The van der Waals surface area contributed by atoms with Crippen LogP contribution in [0.1, 0.15) is 24.4 Å². The van der Waals surface area contributed by atoms with Crippen LogP contribution in [0.4, 0.5) is 5.82 Å². The summed E-state index contributed by atoms with van der Waals surface area (Å²) in [5.74, 6) is 1.68. The molecule has 0 spiro atoms. The van der Waals surface area contributed by atoms with Crippen molar-refractivity contribution in [3.05, 3.63) is 53.2 Å². The van der Waals surface area contributed by atoms with Crippen molar-refractivity contribution in [3.8, 4) is 5.75 Å². The van der Waals surface area contributed by atoms with Crippen molar-refractivity contribution in [1.82, 2.24) is 4.98 Å². The van der Waals surface area contributed by atoms with Crippen LogP contribution in [0.15, 0.2) is 42.6 Å². The van der Waals surface area contributed by atoms with Crippen molar-refractivity contribution >= 4 is 17.4 Å². The monoisotopic (exact) mass is 274 g/mol. The zero-order chi connectivity index (χ0) is 13.1. The molecule has 19 heavy (non-hydrogen) atoms. The van der Waals surface area contributed by atoms with Gasteiger partial charge in [-0.2, -0.15) is 0 Å². The Balaban J connectivity index is 1.92. The standard InChI is InChI=1S/C15H15ClN2O/c16-12-6-3-5-11-13(7-4-10-19-15(11)12)18-14-8-1-2-9-17-14/h1-3,5-6,8-9,13H,4,7,10H2,(H,17,18). The van der Waals surface area contributed by atoms with Crippen LogP contribution >= 0.6 is 11.6 Å². The molecular formula is C15H15ClN2O. The van der Waals surface area contributed by atoms with Gasteiger partial charge in [0.15, 0.2) is 0 Å². The van der Waals surface area contributed by atoms with Gasteiger partial charge in [-0.3, -0.25) is 0 Å². The van der Waals surface area contributed by atoms with Crippen LogP contribution in [0.5, 0.6) is 5.75 Å². The molecule has 1 aromatic heterocycles. The lowest BCUT2D eigenvalue weighted by Gasteiger charge is -2.19. The lowest BCUT2D eigenvalue weighted by molar-refractivity contribution is 0.316. The summed E-state index contributed by atoms with van der Waals surface area (Å²) in [5.41, 5.74) is 1.11. The van der Waals surface area contributed by atoms with Crippen LogP contribution in [0.2, 0.25) is 5.02 Å². The second-order valence-corrected chi connectivity index (χ2v) is 4.97. The molecule has 1 aliphatic rings. The number of halogens is 1. The van der Waals surface area contributed by atoms with Gasteiger partial charge in [0.1, 0.15) is 11.6 Å². The Kier molecular flexibility index (Phi) is 3.56. The third-order valence-corrected chi connectivity index (χ3v) is 3.54. The molecule has 0 radical (unpaired) electrons. The second-order valence-electron chi connectivity index (χ2n) is 4.56. The van der Waals surface area contributed by atoms with Gasteiger partial charge in [-0.1, -0.05) is 29.8 Å². The van der Waals surface area contributed by atoms with E-state index in [0.29, 0.717) is 11.6 Å². The van der Waals surface area contributed by atoms with Gasteiger partial charge in [0.2, 0.25) is 0 Å². The summed E-state index contributed by atoms with van der Waals surface area (Å²) in [5, 5.41) is 4.13. The van der Waals surface area contributed by atoms with E-state index in [9.17, 15) is 0 Å². The fraction of sp³-hybridized carbons (Fsp3) is 0.267. The average molecular weight is 275 g/mol. The Labute approximate surface area is 117 Å². The number of nitrogens with zero attached hydrogens (tertiary/aromatic N) is 1.